The average Bonchev–Trinajstić information content (AvgIpc) is 2.36. The van der Waals surface area contributed by atoms with Crippen molar-refractivity contribution < 1.29 is 9.90 Å². The molecule has 0 spiro atoms. The highest BCUT2D eigenvalue weighted by Crippen LogP contribution is 2.20. The van der Waals surface area contributed by atoms with Crippen LogP contribution in [-0.4, -0.2) is 48.2 Å². The number of aliphatic carboxylic acids is 1. The Balaban J connectivity index is 2.41. The Hall–Kier alpha value is -0.610. The predicted molar refractivity (Wildman–Crippen MR) is 69.2 cm³/mol. The molecule has 2 N–H and O–H groups in total. The van der Waals surface area contributed by atoms with Crippen molar-refractivity contribution >= 4 is 5.97 Å². The Morgan fingerprint density at radius 1 is 1.59 bits per heavy atom. The minimum atomic E-state index is -0.793. The Kier molecular flexibility index (Phi) is 5.40. The molecule has 2 unspecified atom stereocenters. The first-order valence-corrected chi connectivity index (χ1v) is 6.66. The molecular weight excluding hydrogens is 216 g/mol. The smallest absolute Gasteiger partial charge is 0.323 e. The van der Waals surface area contributed by atoms with Crippen LogP contribution in [0.15, 0.2) is 0 Å². The normalized spacial score (nSPS) is 25.5. The third-order valence-corrected chi connectivity index (χ3v) is 4.13. The molecule has 0 saturated carbocycles. The van der Waals surface area contributed by atoms with Gasteiger partial charge in [-0.15, -0.1) is 0 Å². The van der Waals surface area contributed by atoms with E-state index in [4.69, 9.17) is 0 Å². The molecule has 2 atom stereocenters. The molecule has 1 fully saturated rings. The van der Waals surface area contributed by atoms with Gasteiger partial charge in [-0.25, -0.2) is 0 Å². The van der Waals surface area contributed by atoms with Crippen LogP contribution in [0.1, 0.15) is 39.5 Å². The number of likely N-dealkylation sites (N-methyl/N-ethyl adjacent to an activating group) is 1. The van der Waals surface area contributed by atoms with Gasteiger partial charge in [-0.3, -0.25) is 4.79 Å². The zero-order chi connectivity index (χ0) is 12.9. The highest BCUT2D eigenvalue weighted by Gasteiger charge is 2.31. The third kappa shape index (κ3) is 3.96. The maximum Gasteiger partial charge on any atom is 0.323 e. The number of hydrogen-bond donors (Lipinski definition) is 2. The van der Waals surface area contributed by atoms with E-state index in [-0.39, 0.29) is 0 Å². The first-order chi connectivity index (χ1) is 8.01. The number of likely N-dealkylation sites (tertiary alicyclic amines) is 1. The number of nitrogens with one attached hydrogen (secondary N) is 1. The molecule has 4 heteroatoms. The SMILES string of the molecule is CCC1CCCN(CCC(C)(NC)C(=O)O)C1. The van der Waals surface area contributed by atoms with Crippen LogP contribution in [0.3, 0.4) is 0 Å². The van der Waals surface area contributed by atoms with Gasteiger partial charge in [0, 0.05) is 13.1 Å². The summed E-state index contributed by atoms with van der Waals surface area (Å²) in [5.74, 6) is 0.0403. The van der Waals surface area contributed by atoms with Crippen LogP contribution in [0.5, 0.6) is 0 Å². The quantitative estimate of drug-likeness (QED) is 0.742. The van der Waals surface area contributed by atoms with E-state index in [2.05, 4.69) is 17.1 Å². The molecule has 1 aliphatic rings. The molecule has 1 rings (SSSR count). The fourth-order valence-corrected chi connectivity index (χ4v) is 2.41. The number of piperidine rings is 1. The summed E-state index contributed by atoms with van der Waals surface area (Å²) in [5, 5.41) is 12.1. The number of hydrogen-bond acceptors (Lipinski definition) is 3. The number of carboxylic acids is 1. The summed E-state index contributed by atoms with van der Waals surface area (Å²) in [4.78, 5) is 13.6. The molecule has 0 aromatic rings. The lowest BCUT2D eigenvalue weighted by atomic mass is 9.93. The van der Waals surface area contributed by atoms with Crippen LogP contribution < -0.4 is 5.32 Å². The predicted octanol–water partition coefficient (Wildman–Crippen LogP) is 1.56. The lowest BCUT2D eigenvalue weighted by Gasteiger charge is -2.34. The van der Waals surface area contributed by atoms with Crippen LogP contribution in [0.25, 0.3) is 0 Å². The minimum absolute atomic E-state index is 0.662. The molecule has 17 heavy (non-hydrogen) atoms. The Morgan fingerprint density at radius 2 is 2.29 bits per heavy atom. The van der Waals surface area contributed by atoms with Crippen LogP contribution in [-0.2, 0) is 4.79 Å². The van der Waals surface area contributed by atoms with Gasteiger partial charge in [-0.1, -0.05) is 13.3 Å². The molecule has 0 aliphatic carbocycles. The summed E-state index contributed by atoms with van der Waals surface area (Å²) in [7, 11) is 1.72. The van der Waals surface area contributed by atoms with E-state index in [0.29, 0.717) is 6.42 Å². The fourth-order valence-electron chi connectivity index (χ4n) is 2.41. The number of carbonyl (C=O) groups is 1. The molecule has 0 aromatic carbocycles. The zero-order valence-corrected chi connectivity index (χ0v) is 11.3. The van der Waals surface area contributed by atoms with Gasteiger partial charge in [-0.05, 0) is 45.7 Å². The van der Waals surface area contributed by atoms with Crippen molar-refractivity contribution in [3.05, 3.63) is 0 Å². The summed E-state index contributed by atoms with van der Waals surface area (Å²) < 4.78 is 0. The largest absolute Gasteiger partial charge is 0.480 e. The lowest BCUT2D eigenvalue weighted by molar-refractivity contribution is -0.144. The molecule has 1 aliphatic heterocycles. The van der Waals surface area contributed by atoms with Gasteiger partial charge in [0.1, 0.15) is 5.54 Å². The lowest BCUT2D eigenvalue weighted by Crippen LogP contribution is -2.50. The van der Waals surface area contributed by atoms with E-state index in [1.807, 2.05) is 0 Å². The molecule has 4 nitrogen and oxygen atoms in total. The Morgan fingerprint density at radius 3 is 2.82 bits per heavy atom. The van der Waals surface area contributed by atoms with Crippen molar-refractivity contribution in [2.24, 2.45) is 5.92 Å². The minimum Gasteiger partial charge on any atom is -0.480 e. The van der Waals surface area contributed by atoms with Crippen LogP contribution in [0.4, 0.5) is 0 Å². The summed E-state index contributed by atoms with van der Waals surface area (Å²) in [5.41, 5.74) is -0.793. The third-order valence-electron chi connectivity index (χ3n) is 4.13. The first-order valence-electron chi connectivity index (χ1n) is 6.66. The monoisotopic (exact) mass is 242 g/mol. The van der Waals surface area contributed by atoms with Crippen LogP contribution in [0.2, 0.25) is 0 Å². The van der Waals surface area contributed by atoms with Crippen LogP contribution >= 0.6 is 0 Å². The molecule has 1 heterocycles. The maximum atomic E-state index is 11.2. The molecule has 0 radical (unpaired) electrons. The molecule has 100 valence electrons. The van der Waals surface area contributed by atoms with E-state index < -0.39 is 11.5 Å². The van der Waals surface area contributed by atoms with Gasteiger partial charge >= 0.3 is 5.97 Å². The topological polar surface area (TPSA) is 52.6 Å². The number of rotatable bonds is 6. The van der Waals surface area contributed by atoms with E-state index in [1.165, 1.54) is 19.3 Å². The molecule has 0 amide bonds. The zero-order valence-electron chi connectivity index (χ0n) is 11.3. The van der Waals surface area contributed by atoms with E-state index >= 15 is 0 Å². The fraction of sp³-hybridized carbons (Fsp3) is 0.923. The maximum absolute atomic E-state index is 11.2. The average molecular weight is 242 g/mol. The van der Waals surface area contributed by atoms with Crippen molar-refractivity contribution in [1.82, 2.24) is 10.2 Å². The summed E-state index contributed by atoms with van der Waals surface area (Å²) >= 11 is 0. The Bertz CT molecular complexity index is 258. The second kappa shape index (κ2) is 6.36. The highest BCUT2D eigenvalue weighted by molar-refractivity contribution is 5.78. The van der Waals surface area contributed by atoms with Gasteiger partial charge < -0.3 is 15.3 Å². The Labute approximate surface area is 104 Å². The van der Waals surface area contributed by atoms with Crippen molar-refractivity contribution in [3.8, 4) is 0 Å². The van der Waals surface area contributed by atoms with Gasteiger partial charge in [0.15, 0.2) is 0 Å². The highest BCUT2D eigenvalue weighted by atomic mass is 16.4. The number of carboxylic acid groups (broad SMARTS) is 1. The summed E-state index contributed by atoms with van der Waals surface area (Å²) in [6.07, 6.45) is 4.48. The second-order valence-electron chi connectivity index (χ2n) is 5.35. The van der Waals surface area contributed by atoms with Gasteiger partial charge in [0.2, 0.25) is 0 Å². The van der Waals surface area contributed by atoms with Crippen LogP contribution in [0, 0.1) is 5.92 Å². The summed E-state index contributed by atoms with van der Waals surface area (Å²) in [6, 6.07) is 0. The van der Waals surface area contributed by atoms with Gasteiger partial charge in [0.05, 0.1) is 0 Å². The number of nitrogens with zero attached hydrogens (tertiary/aromatic N) is 1. The summed E-state index contributed by atoms with van der Waals surface area (Å²) in [6.45, 7) is 7.13. The van der Waals surface area contributed by atoms with Crippen molar-refractivity contribution in [1.29, 1.82) is 0 Å². The van der Waals surface area contributed by atoms with E-state index in [0.717, 1.165) is 25.6 Å². The van der Waals surface area contributed by atoms with E-state index in [1.54, 1.807) is 14.0 Å². The molecular formula is C13H26N2O2. The molecule has 0 bridgehead atoms. The van der Waals surface area contributed by atoms with Crippen molar-refractivity contribution in [3.63, 3.8) is 0 Å². The molecule has 0 aromatic heterocycles. The standard InChI is InChI=1S/C13H26N2O2/c1-4-11-6-5-8-15(10-11)9-7-13(2,14-3)12(16)17/h11,14H,4-10H2,1-3H3,(H,16,17). The van der Waals surface area contributed by atoms with E-state index in [9.17, 15) is 9.90 Å². The van der Waals surface area contributed by atoms with Gasteiger partial charge in [-0.2, -0.15) is 0 Å². The van der Waals surface area contributed by atoms with Crippen molar-refractivity contribution in [2.75, 3.05) is 26.7 Å². The first kappa shape index (κ1) is 14.5. The molecule has 1 saturated heterocycles. The van der Waals surface area contributed by atoms with Crippen molar-refractivity contribution in [2.45, 2.75) is 45.1 Å². The second-order valence-corrected chi connectivity index (χ2v) is 5.35. The van der Waals surface area contributed by atoms with Gasteiger partial charge in [0.25, 0.3) is 0 Å².